The summed E-state index contributed by atoms with van der Waals surface area (Å²) in [4.78, 5) is 8.53. The predicted octanol–water partition coefficient (Wildman–Crippen LogP) is 2.59. The lowest BCUT2D eigenvalue weighted by atomic mass is 9.82. The van der Waals surface area contributed by atoms with Gasteiger partial charge in [-0.15, -0.1) is 0 Å². The summed E-state index contributed by atoms with van der Waals surface area (Å²) in [6.45, 7) is 6.67. The lowest BCUT2D eigenvalue weighted by Gasteiger charge is -2.25. The number of rotatable bonds is 4. The smallest absolute Gasteiger partial charge is 0.136 e. The van der Waals surface area contributed by atoms with E-state index in [4.69, 9.17) is 0 Å². The molecule has 0 aliphatic carbocycles. The largest absolute Gasteiger partial charge is 0.241 e. The molecular weight excluding hydrogens is 200 g/mol. The van der Waals surface area contributed by atoms with Crippen LogP contribution in [0.4, 0.5) is 0 Å². The Bertz CT molecular complexity index is 477. The molecule has 0 saturated heterocycles. The van der Waals surface area contributed by atoms with E-state index < -0.39 is 0 Å². The fourth-order valence-electron chi connectivity index (χ4n) is 2.17. The van der Waals surface area contributed by atoms with Crippen molar-refractivity contribution < 1.29 is 0 Å². The summed E-state index contributed by atoms with van der Waals surface area (Å²) >= 11 is 0. The number of aromatic nitrogens is 4. The zero-order chi connectivity index (χ0) is 11.6. The van der Waals surface area contributed by atoms with Gasteiger partial charge in [0.15, 0.2) is 0 Å². The minimum Gasteiger partial charge on any atom is -0.241 e. The highest BCUT2D eigenvalue weighted by Gasteiger charge is 2.28. The van der Waals surface area contributed by atoms with Crippen LogP contribution in [0.3, 0.4) is 0 Å². The van der Waals surface area contributed by atoms with Gasteiger partial charge in [0.05, 0.1) is 12.4 Å². The van der Waals surface area contributed by atoms with E-state index in [1.165, 1.54) is 0 Å². The van der Waals surface area contributed by atoms with Gasteiger partial charge in [-0.1, -0.05) is 27.2 Å². The molecule has 0 fully saturated rings. The molecular formula is C12H18N4. The molecule has 2 rings (SSSR count). The van der Waals surface area contributed by atoms with Gasteiger partial charge in [-0.05, 0) is 12.8 Å². The average molecular weight is 218 g/mol. The fraction of sp³-hybridized carbons (Fsp3) is 0.583. The zero-order valence-electron chi connectivity index (χ0n) is 10.1. The summed E-state index contributed by atoms with van der Waals surface area (Å²) in [5, 5.41) is 4.28. The number of fused-ring (bicyclic) bond motifs is 1. The Morgan fingerprint density at radius 1 is 1.31 bits per heavy atom. The van der Waals surface area contributed by atoms with Crippen molar-refractivity contribution in [3.8, 4) is 0 Å². The molecule has 86 valence electrons. The van der Waals surface area contributed by atoms with Crippen molar-refractivity contribution in [1.82, 2.24) is 19.6 Å². The van der Waals surface area contributed by atoms with Crippen molar-refractivity contribution in [3.63, 3.8) is 0 Å². The van der Waals surface area contributed by atoms with E-state index in [0.717, 1.165) is 30.6 Å². The lowest BCUT2D eigenvalue weighted by Crippen LogP contribution is -2.24. The minimum atomic E-state index is 0.107. The molecule has 0 spiro atoms. The fourth-order valence-corrected chi connectivity index (χ4v) is 2.17. The van der Waals surface area contributed by atoms with Gasteiger partial charge in [0.25, 0.3) is 0 Å². The summed E-state index contributed by atoms with van der Waals surface area (Å²) in [7, 11) is 0. The van der Waals surface area contributed by atoms with Gasteiger partial charge < -0.3 is 0 Å². The number of hydrogen-bond acceptors (Lipinski definition) is 3. The molecule has 0 radical (unpaired) electrons. The highest BCUT2D eigenvalue weighted by Crippen LogP contribution is 2.31. The Kier molecular flexibility index (Phi) is 2.90. The van der Waals surface area contributed by atoms with Gasteiger partial charge in [-0.2, -0.15) is 5.10 Å². The Morgan fingerprint density at radius 3 is 2.81 bits per heavy atom. The van der Waals surface area contributed by atoms with E-state index >= 15 is 0 Å². The quantitative estimate of drug-likeness (QED) is 0.792. The molecule has 1 atom stereocenters. The second kappa shape index (κ2) is 4.20. The van der Waals surface area contributed by atoms with Crippen LogP contribution in [0.5, 0.6) is 0 Å². The summed E-state index contributed by atoms with van der Waals surface area (Å²) in [6, 6.07) is 0. The average Bonchev–Trinajstić information content (AvgIpc) is 2.73. The second-order valence-electron chi connectivity index (χ2n) is 4.49. The van der Waals surface area contributed by atoms with Gasteiger partial charge >= 0.3 is 0 Å². The molecule has 16 heavy (non-hydrogen) atoms. The van der Waals surface area contributed by atoms with Crippen LogP contribution < -0.4 is 0 Å². The summed E-state index contributed by atoms with van der Waals surface area (Å²) in [5.41, 5.74) is 1.07. The van der Waals surface area contributed by atoms with Crippen LogP contribution in [0.2, 0.25) is 0 Å². The Labute approximate surface area is 95.7 Å². The molecule has 0 bridgehead atoms. The van der Waals surface area contributed by atoms with Crippen molar-refractivity contribution in [3.05, 3.63) is 24.5 Å². The van der Waals surface area contributed by atoms with Crippen molar-refractivity contribution in [1.29, 1.82) is 0 Å². The normalized spacial score (nSPS) is 15.2. The molecule has 2 aromatic rings. The second-order valence-corrected chi connectivity index (χ2v) is 4.49. The summed E-state index contributed by atoms with van der Waals surface area (Å²) in [6.07, 6.45) is 8.57. The van der Waals surface area contributed by atoms with Crippen LogP contribution in [-0.4, -0.2) is 19.6 Å². The Balaban J connectivity index is 2.53. The predicted molar refractivity (Wildman–Crippen MR) is 63.3 cm³/mol. The van der Waals surface area contributed by atoms with Crippen molar-refractivity contribution in [2.75, 3.05) is 0 Å². The van der Waals surface area contributed by atoms with E-state index in [9.17, 15) is 0 Å². The van der Waals surface area contributed by atoms with Gasteiger partial charge in [0.1, 0.15) is 17.7 Å². The molecule has 0 aliphatic rings. The molecule has 1 unspecified atom stereocenters. The van der Waals surface area contributed by atoms with Gasteiger partial charge in [-0.25, -0.2) is 14.5 Å². The molecule has 0 amide bonds. The molecule has 2 aromatic heterocycles. The first kappa shape index (κ1) is 11.0. The molecule has 0 N–H and O–H groups in total. The van der Waals surface area contributed by atoms with E-state index in [1.807, 2.05) is 10.7 Å². The number of nitrogens with zero attached hydrogens (tertiary/aromatic N) is 4. The highest BCUT2D eigenvalue weighted by molar-refractivity contribution is 5.42. The van der Waals surface area contributed by atoms with Crippen molar-refractivity contribution >= 4 is 5.52 Å². The van der Waals surface area contributed by atoms with Crippen LogP contribution in [-0.2, 0) is 5.41 Å². The first-order chi connectivity index (χ1) is 7.71. The maximum absolute atomic E-state index is 4.52. The molecule has 0 aliphatic heterocycles. The van der Waals surface area contributed by atoms with Crippen LogP contribution in [0.1, 0.15) is 45.9 Å². The van der Waals surface area contributed by atoms with Crippen molar-refractivity contribution in [2.45, 2.75) is 45.4 Å². The monoisotopic (exact) mass is 218 g/mol. The summed E-state index contributed by atoms with van der Waals surface area (Å²) in [5.74, 6) is 1.05. The molecule has 4 nitrogen and oxygen atoms in total. The maximum Gasteiger partial charge on any atom is 0.136 e. The van der Waals surface area contributed by atoms with E-state index in [0.29, 0.717) is 0 Å². The van der Waals surface area contributed by atoms with Crippen LogP contribution in [0, 0.1) is 0 Å². The van der Waals surface area contributed by atoms with Crippen LogP contribution >= 0.6 is 0 Å². The maximum atomic E-state index is 4.52. The van der Waals surface area contributed by atoms with Crippen LogP contribution in [0.25, 0.3) is 5.52 Å². The Hall–Kier alpha value is -1.45. The summed E-state index contributed by atoms with van der Waals surface area (Å²) < 4.78 is 1.91. The van der Waals surface area contributed by atoms with Gasteiger partial charge in [0, 0.05) is 5.41 Å². The third-order valence-corrected chi connectivity index (χ3v) is 3.33. The van der Waals surface area contributed by atoms with Gasteiger partial charge in [0.2, 0.25) is 0 Å². The standard InChI is InChI=1S/C12H18N4/c1-4-6-12(3,5-2)11-14-8-10-7-13-9-15-16(10)11/h7-9H,4-6H2,1-3H3. The number of hydrogen-bond donors (Lipinski definition) is 0. The highest BCUT2D eigenvalue weighted by atomic mass is 15.3. The third-order valence-electron chi connectivity index (χ3n) is 3.33. The molecule has 4 heteroatoms. The topological polar surface area (TPSA) is 43.1 Å². The molecule has 0 aromatic carbocycles. The minimum absolute atomic E-state index is 0.107. The van der Waals surface area contributed by atoms with Crippen molar-refractivity contribution in [2.24, 2.45) is 0 Å². The third kappa shape index (κ3) is 1.68. The first-order valence-electron chi connectivity index (χ1n) is 5.85. The van der Waals surface area contributed by atoms with Crippen LogP contribution in [0.15, 0.2) is 18.7 Å². The lowest BCUT2D eigenvalue weighted by molar-refractivity contribution is 0.383. The zero-order valence-corrected chi connectivity index (χ0v) is 10.1. The van der Waals surface area contributed by atoms with E-state index in [2.05, 4.69) is 35.8 Å². The van der Waals surface area contributed by atoms with Gasteiger partial charge in [-0.3, -0.25) is 0 Å². The van der Waals surface area contributed by atoms with E-state index in [-0.39, 0.29) is 5.41 Å². The SMILES string of the molecule is CCCC(C)(CC)c1ncc2cncnn12. The molecule has 2 heterocycles. The molecule has 0 saturated carbocycles. The Morgan fingerprint density at radius 2 is 2.12 bits per heavy atom. The first-order valence-corrected chi connectivity index (χ1v) is 5.85. The van der Waals surface area contributed by atoms with E-state index in [1.54, 1.807) is 12.5 Å². The number of imidazole rings is 1.